The maximum absolute atomic E-state index is 12.0. The van der Waals surface area contributed by atoms with Crippen molar-refractivity contribution in [3.8, 4) is 0 Å². The molecule has 1 aromatic rings. The van der Waals surface area contributed by atoms with Gasteiger partial charge in [0.2, 0.25) is 5.91 Å². The van der Waals surface area contributed by atoms with Crippen molar-refractivity contribution < 1.29 is 14.7 Å². The van der Waals surface area contributed by atoms with Crippen LogP contribution in [0.1, 0.15) is 57.0 Å². The van der Waals surface area contributed by atoms with Gasteiger partial charge in [-0.25, -0.2) is 0 Å². The largest absolute Gasteiger partial charge is 0.394 e. The topological polar surface area (TPSA) is 78.4 Å². The molecule has 0 aromatic heterocycles. The Balaban J connectivity index is 2.47. The molecule has 1 rings (SSSR count). The van der Waals surface area contributed by atoms with Crippen LogP contribution in [0.15, 0.2) is 24.3 Å². The summed E-state index contributed by atoms with van der Waals surface area (Å²) in [5.74, 6) is -0.396. The average molecular weight is 320 g/mol. The van der Waals surface area contributed by atoms with Crippen molar-refractivity contribution in [1.29, 1.82) is 0 Å². The summed E-state index contributed by atoms with van der Waals surface area (Å²) in [5, 5.41) is 14.5. The number of aliphatic hydroxyl groups is 1. The highest BCUT2D eigenvalue weighted by atomic mass is 16.3. The molecule has 0 heterocycles. The molecule has 128 valence electrons. The second kappa shape index (κ2) is 7.59. The molecule has 0 aliphatic heterocycles. The third-order valence-corrected chi connectivity index (χ3v) is 3.52. The lowest BCUT2D eigenvalue weighted by molar-refractivity contribution is -0.123. The second-order valence-corrected chi connectivity index (χ2v) is 7.42. The molecule has 0 unspecified atom stereocenters. The summed E-state index contributed by atoms with van der Waals surface area (Å²) < 4.78 is 0. The predicted octanol–water partition coefficient (Wildman–Crippen LogP) is 1.99. The van der Waals surface area contributed by atoms with E-state index in [0.29, 0.717) is 5.56 Å². The Morgan fingerprint density at radius 2 is 1.61 bits per heavy atom. The van der Waals surface area contributed by atoms with E-state index < -0.39 is 5.54 Å². The SMILES string of the molecule is CC(C)(CO)NC(=O)CCNC(=O)c1ccc(C(C)(C)C)cc1. The predicted molar refractivity (Wildman–Crippen MR) is 91.4 cm³/mol. The first-order valence-corrected chi connectivity index (χ1v) is 7.86. The van der Waals surface area contributed by atoms with Crippen molar-refractivity contribution in [1.82, 2.24) is 10.6 Å². The molecule has 5 nitrogen and oxygen atoms in total. The molecular weight excluding hydrogens is 292 g/mol. The fourth-order valence-corrected chi connectivity index (χ4v) is 1.99. The van der Waals surface area contributed by atoms with E-state index in [4.69, 9.17) is 5.11 Å². The highest BCUT2D eigenvalue weighted by Crippen LogP contribution is 2.22. The number of carbonyl (C=O) groups is 2. The number of aliphatic hydroxyl groups excluding tert-OH is 1. The Bertz CT molecular complexity index is 542. The molecule has 0 atom stereocenters. The molecule has 0 fully saturated rings. The lowest BCUT2D eigenvalue weighted by Gasteiger charge is -2.23. The minimum Gasteiger partial charge on any atom is -0.394 e. The monoisotopic (exact) mass is 320 g/mol. The fourth-order valence-electron chi connectivity index (χ4n) is 1.99. The van der Waals surface area contributed by atoms with Gasteiger partial charge in [0.25, 0.3) is 5.91 Å². The van der Waals surface area contributed by atoms with Crippen LogP contribution >= 0.6 is 0 Å². The number of hydrogen-bond acceptors (Lipinski definition) is 3. The third-order valence-electron chi connectivity index (χ3n) is 3.52. The number of benzene rings is 1. The van der Waals surface area contributed by atoms with Crippen LogP contribution in [0.3, 0.4) is 0 Å². The lowest BCUT2D eigenvalue weighted by atomic mass is 9.87. The maximum atomic E-state index is 12.0. The van der Waals surface area contributed by atoms with Crippen LogP contribution in [0.25, 0.3) is 0 Å². The van der Waals surface area contributed by atoms with E-state index in [1.807, 2.05) is 12.1 Å². The molecule has 0 saturated carbocycles. The van der Waals surface area contributed by atoms with Crippen LogP contribution in [-0.2, 0) is 10.2 Å². The quantitative estimate of drug-likeness (QED) is 0.750. The van der Waals surface area contributed by atoms with Crippen LogP contribution in [0, 0.1) is 0 Å². The van der Waals surface area contributed by atoms with Crippen LogP contribution in [0.4, 0.5) is 0 Å². The summed E-state index contributed by atoms with van der Waals surface area (Å²) in [4.78, 5) is 23.8. The summed E-state index contributed by atoms with van der Waals surface area (Å²) in [6.07, 6.45) is 0.176. The molecule has 1 aromatic carbocycles. The average Bonchev–Trinajstić information content (AvgIpc) is 2.46. The molecule has 3 N–H and O–H groups in total. The maximum Gasteiger partial charge on any atom is 0.251 e. The van der Waals surface area contributed by atoms with E-state index in [1.165, 1.54) is 5.56 Å². The molecule has 5 heteroatoms. The van der Waals surface area contributed by atoms with Crippen molar-refractivity contribution in [3.63, 3.8) is 0 Å². The van der Waals surface area contributed by atoms with E-state index in [2.05, 4.69) is 31.4 Å². The van der Waals surface area contributed by atoms with Gasteiger partial charge in [-0.3, -0.25) is 9.59 Å². The Kier molecular flexibility index (Phi) is 6.33. The highest BCUT2D eigenvalue weighted by Gasteiger charge is 2.19. The first kappa shape index (κ1) is 19.2. The number of rotatable bonds is 6. The lowest BCUT2D eigenvalue weighted by Crippen LogP contribution is -2.47. The minimum absolute atomic E-state index is 0.0482. The molecule has 0 radical (unpaired) electrons. The van der Waals surface area contributed by atoms with Gasteiger partial charge < -0.3 is 15.7 Å². The summed E-state index contributed by atoms with van der Waals surface area (Å²) in [6.45, 7) is 9.95. The van der Waals surface area contributed by atoms with Crippen LogP contribution < -0.4 is 10.6 Å². The minimum atomic E-state index is -0.649. The van der Waals surface area contributed by atoms with Gasteiger partial charge >= 0.3 is 0 Å². The zero-order valence-electron chi connectivity index (χ0n) is 14.7. The molecule has 0 saturated heterocycles. The molecule has 0 spiro atoms. The van der Waals surface area contributed by atoms with Gasteiger partial charge in [-0.1, -0.05) is 32.9 Å². The Morgan fingerprint density at radius 3 is 2.09 bits per heavy atom. The van der Waals surface area contributed by atoms with E-state index >= 15 is 0 Å². The molecule has 2 amide bonds. The van der Waals surface area contributed by atoms with Gasteiger partial charge in [-0.05, 0) is 37.0 Å². The Morgan fingerprint density at radius 1 is 1.04 bits per heavy atom. The van der Waals surface area contributed by atoms with Gasteiger partial charge in [0.1, 0.15) is 0 Å². The molecular formula is C18H28N2O3. The first-order valence-electron chi connectivity index (χ1n) is 7.86. The van der Waals surface area contributed by atoms with Gasteiger partial charge in [0.15, 0.2) is 0 Å². The van der Waals surface area contributed by atoms with Gasteiger partial charge in [0.05, 0.1) is 12.1 Å². The van der Waals surface area contributed by atoms with Gasteiger partial charge in [-0.15, -0.1) is 0 Å². The van der Waals surface area contributed by atoms with Crippen LogP contribution in [0.5, 0.6) is 0 Å². The van der Waals surface area contributed by atoms with E-state index in [-0.39, 0.29) is 36.8 Å². The number of nitrogens with one attached hydrogen (secondary N) is 2. The normalized spacial score (nSPS) is 11.9. The zero-order valence-corrected chi connectivity index (χ0v) is 14.7. The summed E-state index contributed by atoms with van der Waals surface area (Å²) in [7, 11) is 0. The third kappa shape index (κ3) is 6.40. The molecule has 23 heavy (non-hydrogen) atoms. The fraction of sp³-hybridized carbons (Fsp3) is 0.556. The second-order valence-electron chi connectivity index (χ2n) is 7.42. The highest BCUT2D eigenvalue weighted by molar-refractivity contribution is 5.94. The molecule has 0 aliphatic rings. The van der Waals surface area contributed by atoms with Crippen LogP contribution in [-0.4, -0.2) is 35.6 Å². The van der Waals surface area contributed by atoms with E-state index in [1.54, 1.807) is 26.0 Å². The van der Waals surface area contributed by atoms with Gasteiger partial charge in [-0.2, -0.15) is 0 Å². The molecule has 0 aliphatic carbocycles. The van der Waals surface area contributed by atoms with E-state index in [9.17, 15) is 9.59 Å². The van der Waals surface area contributed by atoms with E-state index in [0.717, 1.165) is 0 Å². The summed E-state index contributed by atoms with van der Waals surface area (Å²) in [5.41, 5.74) is 1.14. The van der Waals surface area contributed by atoms with Crippen molar-refractivity contribution in [3.05, 3.63) is 35.4 Å². The number of hydrogen-bond donors (Lipinski definition) is 3. The van der Waals surface area contributed by atoms with Crippen molar-refractivity contribution in [2.75, 3.05) is 13.2 Å². The molecule has 0 bridgehead atoms. The Labute approximate surface area is 138 Å². The number of amides is 2. The zero-order chi connectivity index (χ0) is 17.7. The Hall–Kier alpha value is -1.88. The van der Waals surface area contributed by atoms with Crippen LogP contribution in [0.2, 0.25) is 0 Å². The standard InChI is InChI=1S/C18H28N2O3/c1-17(2,3)14-8-6-13(7-9-14)16(23)19-11-10-15(22)20-18(4,5)12-21/h6-9,21H,10-12H2,1-5H3,(H,19,23)(H,20,22). The van der Waals surface area contributed by atoms with Crippen molar-refractivity contribution in [2.45, 2.75) is 52.0 Å². The van der Waals surface area contributed by atoms with Crippen molar-refractivity contribution in [2.24, 2.45) is 0 Å². The van der Waals surface area contributed by atoms with Gasteiger partial charge in [0, 0.05) is 18.5 Å². The smallest absolute Gasteiger partial charge is 0.251 e. The summed E-state index contributed by atoms with van der Waals surface area (Å²) >= 11 is 0. The summed E-state index contributed by atoms with van der Waals surface area (Å²) in [6, 6.07) is 7.49. The first-order chi connectivity index (χ1) is 10.5. The number of carbonyl (C=O) groups excluding carboxylic acids is 2. The van der Waals surface area contributed by atoms with Crippen molar-refractivity contribution >= 4 is 11.8 Å².